The van der Waals surface area contributed by atoms with Crippen molar-refractivity contribution in [2.75, 3.05) is 13.7 Å². The molecule has 0 aliphatic heterocycles. The average molecular weight is 374 g/mol. The van der Waals surface area contributed by atoms with Gasteiger partial charge >= 0.3 is 5.97 Å². The van der Waals surface area contributed by atoms with Crippen LogP contribution in [0.5, 0.6) is 5.75 Å². The Morgan fingerprint density at radius 2 is 1.92 bits per heavy atom. The summed E-state index contributed by atoms with van der Waals surface area (Å²) < 4.78 is 10.6. The Morgan fingerprint density at radius 3 is 2.54 bits per heavy atom. The van der Waals surface area contributed by atoms with Crippen molar-refractivity contribution in [3.63, 3.8) is 0 Å². The van der Waals surface area contributed by atoms with Crippen molar-refractivity contribution in [3.05, 3.63) is 56.7 Å². The molecule has 1 aromatic heterocycles. The number of methoxy groups -OCH3 is 1. The first-order valence-corrected chi connectivity index (χ1v) is 8.81. The van der Waals surface area contributed by atoms with Gasteiger partial charge in [0, 0.05) is 6.07 Å². The molecule has 0 aliphatic carbocycles. The predicted molar refractivity (Wildman–Crippen MR) is 104 cm³/mol. The second-order valence-electron chi connectivity index (χ2n) is 5.68. The van der Waals surface area contributed by atoms with Crippen molar-refractivity contribution in [3.8, 4) is 5.75 Å². The minimum Gasteiger partial charge on any atom is -0.494 e. The number of ether oxygens (including phenoxy) is 2. The van der Waals surface area contributed by atoms with Gasteiger partial charge in [-0.25, -0.2) is 4.79 Å². The molecule has 0 aliphatic rings. The standard InChI is InChI=1S/C19H22N2O4S/c1-3-4-5-10-25-14-8-6-13(7-9-14)11-15(18(23)24-2)16-12-17(22)21-19(26)20-16/h6-9,11-12H,3-5,10H2,1-2H3,(H2,20,21,22,26)/b15-11-. The van der Waals surface area contributed by atoms with E-state index in [0.717, 1.165) is 30.6 Å². The molecule has 0 fully saturated rings. The highest BCUT2D eigenvalue weighted by Gasteiger charge is 2.14. The molecule has 0 saturated heterocycles. The van der Waals surface area contributed by atoms with E-state index in [1.54, 1.807) is 6.08 Å². The number of aromatic nitrogens is 2. The summed E-state index contributed by atoms with van der Waals surface area (Å²) in [4.78, 5) is 29.0. The molecule has 0 spiro atoms. The van der Waals surface area contributed by atoms with Crippen LogP contribution in [0.4, 0.5) is 0 Å². The first-order valence-electron chi connectivity index (χ1n) is 8.40. The zero-order chi connectivity index (χ0) is 18.9. The minimum atomic E-state index is -0.568. The maximum atomic E-state index is 12.1. The molecule has 0 radical (unpaired) electrons. The summed E-state index contributed by atoms with van der Waals surface area (Å²) in [7, 11) is 1.28. The van der Waals surface area contributed by atoms with Gasteiger partial charge in [-0.3, -0.25) is 9.78 Å². The van der Waals surface area contributed by atoms with Crippen LogP contribution < -0.4 is 10.3 Å². The van der Waals surface area contributed by atoms with Crippen molar-refractivity contribution in [2.24, 2.45) is 0 Å². The highest BCUT2D eigenvalue weighted by Crippen LogP contribution is 2.19. The molecule has 0 atom stereocenters. The molecule has 6 nitrogen and oxygen atoms in total. The van der Waals surface area contributed by atoms with Gasteiger partial charge in [-0.15, -0.1) is 0 Å². The second-order valence-corrected chi connectivity index (χ2v) is 6.08. The Labute approximate surface area is 156 Å². The Bertz CT molecular complexity index is 853. The van der Waals surface area contributed by atoms with Crippen LogP contribution in [0.3, 0.4) is 0 Å². The number of esters is 1. The lowest BCUT2D eigenvalue weighted by molar-refractivity contribution is -0.133. The van der Waals surface area contributed by atoms with Crippen molar-refractivity contribution in [2.45, 2.75) is 26.2 Å². The molecule has 0 saturated carbocycles. The van der Waals surface area contributed by atoms with Crippen molar-refractivity contribution in [1.29, 1.82) is 0 Å². The molecule has 1 aromatic carbocycles. The molecule has 138 valence electrons. The lowest BCUT2D eigenvalue weighted by Crippen LogP contribution is -2.12. The van der Waals surface area contributed by atoms with Crippen LogP contribution in [0.1, 0.15) is 37.4 Å². The number of unbranched alkanes of at least 4 members (excludes halogenated alkanes) is 2. The predicted octanol–water partition coefficient (Wildman–Crippen LogP) is 3.72. The van der Waals surface area contributed by atoms with Crippen LogP contribution in [-0.4, -0.2) is 29.7 Å². The minimum absolute atomic E-state index is 0.137. The fourth-order valence-corrected chi connectivity index (χ4v) is 2.55. The zero-order valence-corrected chi connectivity index (χ0v) is 15.7. The number of aromatic amines is 2. The lowest BCUT2D eigenvalue weighted by Gasteiger charge is -2.08. The number of H-pyrrole nitrogens is 2. The van der Waals surface area contributed by atoms with E-state index in [9.17, 15) is 9.59 Å². The third-order valence-electron chi connectivity index (χ3n) is 3.66. The molecule has 2 rings (SSSR count). The average Bonchev–Trinajstić information content (AvgIpc) is 2.63. The number of carbonyl (C=O) groups is 1. The molecule has 2 N–H and O–H groups in total. The summed E-state index contributed by atoms with van der Waals surface area (Å²) in [6.45, 7) is 2.83. The van der Waals surface area contributed by atoms with E-state index in [-0.39, 0.29) is 10.3 Å². The first-order chi connectivity index (χ1) is 12.5. The van der Waals surface area contributed by atoms with Gasteiger partial charge < -0.3 is 14.5 Å². The number of rotatable bonds is 8. The van der Waals surface area contributed by atoms with E-state index in [1.165, 1.54) is 13.2 Å². The van der Waals surface area contributed by atoms with Gasteiger partial charge in [-0.1, -0.05) is 31.9 Å². The zero-order valence-electron chi connectivity index (χ0n) is 14.8. The molecular formula is C19H22N2O4S. The lowest BCUT2D eigenvalue weighted by atomic mass is 10.1. The van der Waals surface area contributed by atoms with Gasteiger partial charge in [0.2, 0.25) is 0 Å². The van der Waals surface area contributed by atoms with Crippen LogP contribution in [0.25, 0.3) is 11.6 Å². The largest absolute Gasteiger partial charge is 0.494 e. The van der Waals surface area contributed by atoms with E-state index >= 15 is 0 Å². The van der Waals surface area contributed by atoms with Crippen molar-refractivity contribution in [1.82, 2.24) is 9.97 Å². The molecule has 2 aromatic rings. The fourth-order valence-electron chi connectivity index (χ4n) is 2.34. The molecule has 0 bridgehead atoms. The van der Waals surface area contributed by atoms with Crippen LogP contribution in [0.2, 0.25) is 0 Å². The number of hydrogen-bond acceptors (Lipinski definition) is 5. The number of carbonyl (C=O) groups excluding carboxylic acids is 1. The second kappa shape index (κ2) is 9.72. The summed E-state index contributed by atoms with van der Waals surface area (Å²) in [6, 6.07) is 8.61. The van der Waals surface area contributed by atoms with Crippen LogP contribution in [0, 0.1) is 4.77 Å². The van der Waals surface area contributed by atoms with E-state index in [2.05, 4.69) is 16.9 Å². The molecule has 0 unspecified atom stereocenters. The van der Waals surface area contributed by atoms with E-state index in [0.29, 0.717) is 12.3 Å². The van der Waals surface area contributed by atoms with Crippen molar-refractivity contribution < 1.29 is 14.3 Å². The smallest absolute Gasteiger partial charge is 0.339 e. The van der Waals surface area contributed by atoms with Gasteiger partial charge in [0.15, 0.2) is 4.77 Å². The fraction of sp³-hybridized carbons (Fsp3) is 0.316. The summed E-state index contributed by atoms with van der Waals surface area (Å²) in [5, 5.41) is 0. The third-order valence-corrected chi connectivity index (χ3v) is 3.87. The van der Waals surface area contributed by atoms with Gasteiger partial charge in [0.25, 0.3) is 5.56 Å². The monoisotopic (exact) mass is 374 g/mol. The Kier molecular flexibility index (Phi) is 7.35. The topological polar surface area (TPSA) is 84.2 Å². The summed E-state index contributed by atoms with van der Waals surface area (Å²) in [5.41, 5.74) is 0.882. The number of benzene rings is 1. The maximum Gasteiger partial charge on any atom is 0.339 e. The number of nitrogens with one attached hydrogen (secondary N) is 2. The Hall–Kier alpha value is -2.67. The highest BCUT2D eigenvalue weighted by molar-refractivity contribution is 7.71. The van der Waals surface area contributed by atoms with E-state index in [1.807, 2.05) is 24.3 Å². The first kappa shape index (κ1) is 19.7. The van der Waals surface area contributed by atoms with Gasteiger partial charge in [-0.05, 0) is 42.4 Å². The molecular weight excluding hydrogens is 352 g/mol. The maximum absolute atomic E-state index is 12.1. The van der Waals surface area contributed by atoms with E-state index < -0.39 is 11.5 Å². The summed E-state index contributed by atoms with van der Waals surface area (Å²) in [5.74, 6) is 0.203. The van der Waals surface area contributed by atoms with Crippen LogP contribution >= 0.6 is 12.2 Å². The molecule has 7 heteroatoms. The van der Waals surface area contributed by atoms with Gasteiger partial charge in [-0.2, -0.15) is 0 Å². The molecule has 0 amide bonds. The van der Waals surface area contributed by atoms with Crippen LogP contribution in [0.15, 0.2) is 35.1 Å². The molecule has 1 heterocycles. The van der Waals surface area contributed by atoms with E-state index in [4.69, 9.17) is 21.7 Å². The SMILES string of the molecule is CCCCCOc1ccc(/C=C(\C(=O)OC)c2cc(=O)[nH]c(=S)[nH]2)cc1. The van der Waals surface area contributed by atoms with Gasteiger partial charge in [0.05, 0.1) is 25.0 Å². The van der Waals surface area contributed by atoms with Crippen LogP contribution in [-0.2, 0) is 9.53 Å². The quantitative estimate of drug-likeness (QED) is 0.318. The summed E-state index contributed by atoms with van der Waals surface area (Å²) in [6.07, 6.45) is 4.94. The summed E-state index contributed by atoms with van der Waals surface area (Å²) >= 11 is 4.96. The number of hydrogen-bond donors (Lipinski definition) is 2. The Balaban J connectivity index is 2.25. The normalized spacial score (nSPS) is 11.2. The molecule has 26 heavy (non-hydrogen) atoms. The Morgan fingerprint density at radius 1 is 1.19 bits per heavy atom. The third kappa shape index (κ3) is 5.70. The van der Waals surface area contributed by atoms with Gasteiger partial charge in [0.1, 0.15) is 5.75 Å². The highest BCUT2D eigenvalue weighted by atomic mass is 32.1. The van der Waals surface area contributed by atoms with Crippen molar-refractivity contribution >= 4 is 29.8 Å².